The molecule has 2 fully saturated rings. The highest BCUT2D eigenvalue weighted by atomic mass is 16.6. The second-order valence-corrected chi connectivity index (χ2v) is 7.98. The van der Waals surface area contributed by atoms with E-state index in [0.29, 0.717) is 5.69 Å². The van der Waals surface area contributed by atoms with Gasteiger partial charge in [0.15, 0.2) is 5.88 Å². The van der Waals surface area contributed by atoms with Gasteiger partial charge in [0.1, 0.15) is 17.1 Å². The summed E-state index contributed by atoms with van der Waals surface area (Å²) >= 11 is 0. The molecule has 3 rings (SSSR count). The van der Waals surface area contributed by atoms with E-state index in [0.717, 1.165) is 50.7 Å². The molecule has 1 aromatic rings. The minimum atomic E-state index is -0.384. The molecule has 0 N–H and O–H groups in total. The van der Waals surface area contributed by atoms with E-state index in [4.69, 9.17) is 4.74 Å². The second kappa shape index (κ2) is 7.13. The van der Waals surface area contributed by atoms with Crippen molar-refractivity contribution in [3.05, 3.63) is 39.4 Å². The molecule has 1 saturated heterocycles. The van der Waals surface area contributed by atoms with Crippen molar-refractivity contribution < 1.29 is 9.66 Å². The molecule has 1 saturated carbocycles. The van der Waals surface area contributed by atoms with Crippen LogP contribution in [0.5, 0.6) is 0 Å². The lowest BCUT2D eigenvalue weighted by Crippen LogP contribution is -2.48. The molecule has 1 aromatic heterocycles. The summed E-state index contributed by atoms with van der Waals surface area (Å²) < 4.78 is 6.28. The maximum atomic E-state index is 11.0. The Morgan fingerprint density at radius 2 is 1.85 bits per heavy atom. The molecule has 2 aliphatic rings. The van der Waals surface area contributed by atoms with E-state index >= 15 is 0 Å². The van der Waals surface area contributed by atoms with Gasteiger partial charge in [0, 0.05) is 32.2 Å². The minimum absolute atomic E-state index is 0.0722. The summed E-state index contributed by atoms with van der Waals surface area (Å²) in [4.78, 5) is 19.5. The number of pyridine rings is 1. The molecular weight excluding hydrogens is 332 g/mol. The van der Waals surface area contributed by atoms with Gasteiger partial charge in [-0.05, 0) is 58.6 Å². The molecule has 7 heteroatoms. The zero-order valence-electron chi connectivity index (χ0n) is 16.1. The van der Waals surface area contributed by atoms with Gasteiger partial charge in [0.2, 0.25) is 0 Å². The van der Waals surface area contributed by atoms with E-state index in [1.54, 1.807) is 19.1 Å². The number of hydrogen-bond donors (Lipinski definition) is 0. The van der Waals surface area contributed by atoms with Gasteiger partial charge in [0.05, 0.1) is 4.92 Å². The summed E-state index contributed by atoms with van der Waals surface area (Å²) in [5.41, 5.74) is 1.76. The summed E-state index contributed by atoms with van der Waals surface area (Å²) in [5.74, 6) is 1.87. The number of nitrogens with zero attached hydrogens (tertiary/aromatic N) is 4. The Kier molecular flexibility index (Phi) is 5.07. The summed E-state index contributed by atoms with van der Waals surface area (Å²) in [6.07, 6.45) is 3.52. The van der Waals surface area contributed by atoms with Gasteiger partial charge in [-0.1, -0.05) is 0 Å². The Labute approximate surface area is 154 Å². The van der Waals surface area contributed by atoms with Crippen molar-refractivity contribution in [1.29, 1.82) is 0 Å². The van der Waals surface area contributed by atoms with Crippen LogP contribution in [0.15, 0.2) is 23.6 Å². The zero-order chi connectivity index (χ0) is 18.9. The summed E-state index contributed by atoms with van der Waals surface area (Å²) in [6.45, 7) is 11.3. The first-order chi connectivity index (χ1) is 12.2. The van der Waals surface area contributed by atoms with Crippen LogP contribution in [0, 0.1) is 17.0 Å². The van der Waals surface area contributed by atoms with E-state index in [2.05, 4.69) is 35.6 Å². The number of ether oxygens (including phenoxy) is 1. The number of rotatable bonds is 4. The van der Waals surface area contributed by atoms with Crippen LogP contribution < -0.4 is 4.90 Å². The van der Waals surface area contributed by atoms with Crippen molar-refractivity contribution in [2.24, 2.45) is 0 Å². The Hall–Kier alpha value is -2.31. The molecule has 0 unspecified atom stereocenters. The van der Waals surface area contributed by atoms with Gasteiger partial charge < -0.3 is 14.5 Å². The van der Waals surface area contributed by atoms with Crippen molar-refractivity contribution in [2.45, 2.75) is 52.6 Å². The van der Waals surface area contributed by atoms with Crippen LogP contribution in [0.2, 0.25) is 0 Å². The first-order valence-electron chi connectivity index (χ1n) is 9.27. The molecule has 0 bridgehead atoms. The molecule has 0 aromatic carbocycles. The first kappa shape index (κ1) is 18.5. The molecule has 2 heterocycles. The summed E-state index contributed by atoms with van der Waals surface area (Å²) in [5, 5.41) is 11.0. The first-order valence-corrected chi connectivity index (χ1v) is 9.27. The summed E-state index contributed by atoms with van der Waals surface area (Å²) in [7, 11) is 0. The molecule has 7 nitrogen and oxygen atoms in total. The summed E-state index contributed by atoms with van der Waals surface area (Å²) in [6, 6.07) is 3.30. The van der Waals surface area contributed by atoms with Crippen molar-refractivity contribution in [2.75, 3.05) is 31.1 Å². The quantitative estimate of drug-likeness (QED) is 0.464. The van der Waals surface area contributed by atoms with Crippen molar-refractivity contribution >= 4 is 11.5 Å². The van der Waals surface area contributed by atoms with Crippen molar-refractivity contribution in [1.82, 2.24) is 9.88 Å². The Bertz CT molecular complexity index is 710. The zero-order valence-corrected chi connectivity index (χ0v) is 16.1. The fourth-order valence-corrected chi connectivity index (χ4v) is 3.27. The van der Waals surface area contributed by atoms with E-state index in [1.807, 2.05) is 0 Å². The minimum Gasteiger partial charge on any atom is -0.473 e. The fourth-order valence-electron chi connectivity index (χ4n) is 3.27. The number of hydrogen-bond acceptors (Lipinski definition) is 6. The predicted molar refractivity (Wildman–Crippen MR) is 101 cm³/mol. The van der Waals surface area contributed by atoms with Gasteiger partial charge in [-0.3, -0.25) is 10.1 Å². The van der Waals surface area contributed by atoms with Gasteiger partial charge in [-0.25, -0.2) is 4.98 Å². The Morgan fingerprint density at radius 1 is 1.19 bits per heavy atom. The molecule has 142 valence electrons. The van der Waals surface area contributed by atoms with Gasteiger partial charge in [-0.15, -0.1) is 0 Å². The largest absolute Gasteiger partial charge is 0.473 e. The number of nitro groups is 1. The molecule has 0 amide bonds. The van der Waals surface area contributed by atoms with Crippen LogP contribution in [-0.2, 0) is 4.74 Å². The molecule has 26 heavy (non-hydrogen) atoms. The van der Waals surface area contributed by atoms with Gasteiger partial charge in [-0.2, -0.15) is 0 Å². The molecule has 1 aliphatic carbocycles. The van der Waals surface area contributed by atoms with E-state index in [-0.39, 0.29) is 16.2 Å². The second-order valence-electron chi connectivity index (χ2n) is 7.98. The lowest BCUT2D eigenvalue weighted by molar-refractivity contribution is -0.385. The standard InChI is InChI=1S/C19H28N4O3/c1-14-16(23(24)25)8-9-17(20-14)21-10-12-22(13-11-21)18(15-6-5-7-15)26-19(2,3)4/h8-9H,5-7,10-13H2,1-4H3. The number of allylic oxidation sites excluding steroid dienone is 1. The van der Waals surface area contributed by atoms with Crippen LogP contribution in [0.25, 0.3) is 0 Å². The highest BCUT2D eigenvalue weighted by Crippen LogP contribution is 2.33. The molecule has 1 aliphatic heterocycles. The average molecular weight is 360 g/mol. The number of aromatic nitrogens is 1. The molecule has 0 atom stereocenters. The Morgan fingerprint density at radius 3 is 2.31 bits per heavy atom. The molecular formula is C19H28N4O3. The van der Waals surface area contributed by atoms with E-state index in [9.17, 15) is 10.1 Å². The Balaban J connectivity index is 1.68. The monoisotopic (exact) mass is 360 g/mol. The fraction of sp³-hybridized carbons (Fsp3) is 0.632. The van der Waals surface area contributed by atoms with Crippen LogP contribution in [0.4, 0.5) is 11.5 Å². The van der Waals surface area contributed by atoms with Crippen molar-refractivity contribution in [3.8, 4) is 0 Å². The molecule has 0 spiro atoms. The third-order valence-electron chi connectivity index (χ3n) is 4.79. The lowest BCUT2D eigenvalue weighted by Gasteiger charge is -2.41. The average Bonchev–Trinajstić information content (AvgIpc) is 2.51. The van der Waals surface area contributed by atoms with E-state index < -0.39 is 0 Å². The van der Waals surface area contributed by atoms with Crippen molar-refractivity contribution in [3.63, 3.8) is 0 Å². The maximum Gasteiger partial charge on any atom is 0.290 e. The number of aryl methyl sites for hydroxylation is 1. The highest BCUT2D eigenvalue weighted by Gasteiger charge is 2.28. The molecule has 0 radical (unpaired) electrons. The van der Waals surface area contributed by atoms with Crippen LogP contribution in [-0.4, -0.2) is 46.6 Å². The predicted octanol–water partition coefficient (Wildman–Crippen LogP) is 3.63. The van der Waals surface area contributed by atoms with Crippen LogP contribution in [0.3, 0.4) is 0 Å². The van der Waals surface area contributed by atoms with Crippen LogP contribution >= 0.6 is 0 Å². The van der Waals surface area contributed by atoms with Gasteiger partial charge >= 0.3 is 0 Å². The third kappa shape index (κ3) is 4.08. The van der Waals surface area contributed by atoms with Crippen LogP contribution in [0.1, 0.15) is 45.7 Å². The smallest absolute Gasteiger partial charge is 0.290 e. The number of anilines is 1. The lowest BCUT2D eigenvalue weighted by atomic mass is 9.92. The van der Waals surface area contributed by atoms with E-state index in [1.165, 1.54) is 12.0 Å². The van der Waals surface area contributed by atoms with Gasteiger partial charge in [0.25, 0.3) is 5.69 Å². The maximum absolute atomic E-state index is 11.0. The highest BCUT2D eigenvalue weighted by molar-refractivity contribution is 5.47. The normalized spacial score (nSPS) is 17.8. The SMILES string of the molecule is Cc1nc(N2CCN(C(OC(C)(C)C)=C3CCC3)CC2)ccc1[N+](=O)[O-]. The topological polar surface area (TPSA) is 71.7 Å². The third-order valence-corrected chi connectivity index (χ3v) is 4.79. The number of piperazine rings is 1.